The topological polar surface area (TPSA) is 87.7 Å². The van der Waals surface area contributed by atoms with Crippen molar-refractivity contribution < 1.29 is 19.1 Å². The minimum atomic E-state index is -0.880. The lowest BCUT2D eigenvalue weighted by Crippen LogP contribution is -2.48. The quantitative estimate of drug-likeness (QED) is 0.791. The number of hydrogen-bond acceptors (Lipinski definition) is 4. The van der Waals surface area contributed by atoms with E-state index in [1.165, 1.54) is 0 Å². The Morgan fingerprint density at radius 1 is 1.15 bits per heavy atom. The summed E-state index contributed by atoms with van der Waals surface area (Å²) in [7, 11) is 0. The van der Waals surface area contributed by atoms with E-state index in [1.807, 2.05) is 13.8 Å². The summed E-state index contributed by atoms with van der Waals surface area (Å²) >= 11 is 0. The molecule has 0 radical (unpaired) electrons. The third-order valence-electron chi connectivity index (χ3n) is 4.91. The van der Waals surface area contributed by atoms with E-state index in [-0.39, 0.29) is 12.0 Å². The molecule has 1 saturated heterocycles. The summed E-state index contributed by atoms with van der Waals surface area (Å²) < 4.78 is 5.57. The third kappa shape index (κ3) is 3.38. The van der Waals surface area contributed by atoms with Crippen LogP contribution in [-0.4, -0.2) is 40.4 Å². The molecular formula is C19H25N3O4. The second kappa shape index (κ2) is 6.97. The van der Waals surface area contributed by atoms with E-state index in [2.05, 4.69) is 10.6 Å². The minimum Gasteiger partial charge on any atom is -0.491 e. The first-order chi connectivity index (χ1) is 12.3. The summed E-state index contributed by atoms with van der Waals surface area (Å²) in [6, 6.07) is 5.62. The van der Waals surface area contributed by atoms with Crippen LogP contribution in [0, 0.1) is 0 Å². The standard InChI is InChI=1S/C19H25N3O4/c1-12(2)26-15-8-6-14(7-9-15)20-16(23)13(3)22-17(24)19(21-18(22)25)10-4-5-11-19/h6-9,12-13H,4-5,10-11H2,1-3H3,(H,20,23)(H,21,25)/t13-/m1/s1. The predicted octanol–water partition coefficient (Wildman–Crippen LogP) is 2.67. The molecule has 1 aliphatic heterocycles. The zero-order chi connectivity index (χ0) is 18.9. The average Bonchev–Trinajstić information content (AvgIpc) is 3.14. The highest BCUT2D eigenvalue weighted by atomic mass is 16.5. The summed E-state index contributed by atoms with van der Waals surface area (Å²) in [4.78, 5) is 38.6. The van der Waals surface area contributed by atoms with E-state index < -0.39 is 23.5 Å². The maximum atomic E-state index is 12.7. The van der Waals surface area contributed by atoms with Crippen molar-refractivity contribution in [2.45, 2.75) is 64.1 Å². The van der Waals surface area contributed by atoms with Crippen LogP contribution in [0.15, 0.2) is 24.3 Å². The molecule has 4 amide bonds. The lowest BCUT2D eigenvalue weighted by molar-refractivity contribution is -0.136. The van der Waals surface area contributed by atoms with Gasteiger partial charge in [0.1, 0.15) is 17.3 Å². The third-order valence-corrected chi connectivity index (χ3v) is 4.91. The van der Waals surface area contributed by atoms with Crippen LogP contribution in [0.25, 0.3) is 0 Å². The molecule has 140 valence electrons. The number of carbonyl (C=O) groups is 3. The number of carbonyl (C=O) groups excluding carboxylic acids is 3. The molecule has 1 aromatic carbocycles. The molecule has 1 atom stereocenters. The van der Waals surface area contributed by atoms with Gasteiger partial charge < -0.3 is 15.4 Å². The van der Waals surface area contributed by atoms with Crippen molar-refractivity contribution >= 4 is 23.5 Å². The molecule has 0 aromatic heterocycles. The molecule has 26 heavy (non-hydrogen) atoms. The number of benzene rings is 1. The second-order valence-corrected chi connectivity index (χ2v) is 7.25. The Bertz CT molecular complexity index is 708. The molecule has 2 N–H and O–H groups in total. The van der Waals surface area contributed by atoms with Crippen molar-refractivity contribution in [2.24, 2.45) is 0 Å². The molecule has 7 nitrogen and oxygen atoms in total. The predicted molar refractivity (Wildman–Crippen MR) is 96.9 cm³/mol. The van der Waals surface area contributed by atoms with Crippen LogP contribution < -0.4 is 15.4 Å². The first-order valence-corrected chi connectivity index (χ1v) is 9.06. The fraction of sp³-hybridized carbons (Fsp3) is 0.526. The van der Waals surface area contributed by atoms with Crippen LogP contribution in [0.4, 0.5) is 10.5 Å². The van der Waals surface area contributed by atoms with Crippen molar-refractivity contribution in [3.8, 4) is 5.75 Å². The largest absolute Gasteiger partial charge is 0.491 e. The Morgan fingerprint density at radius 3 is 2.35 bits per heavy atom. The van der Waals surface area contributed by atoms with Crippen LogP contribution in [0.3, 0.4) is 0 Å². The molecule has 1 spiro atoms. The molecule has 1 heterocycles. The van der Waals surface area contributed by atoms with Gasteiger partial charge in [-0.15, -0.1) is 0 Å². The van der Waals surface area contributed by atoms with Gasteiger partial charge in [-0.1, -0.05) is 12.8 Å². The SMILES string of the molecule is CC(C)Oc1ccc(NC(=O)[C@@H](C)N2C(=O)NC3(CCCC3)C2=O)cc1. The van der Waals surface area contributed by atoms with Crippen molar-refractivity contribution in [1.82, 2.24) is 10.2 Å². The number of nitrogens with zero attached hydrogens (tertiary/aromatic N) is 1. The Hall–Kier alpha value is -2.57. The minimum absolute atomic E-state index is 0.0677. The maximum absolute atomic E-state index is 12.7. The molecule has 1 aliphatic carbocycles. The molecule has 0 bridgehead atoms. The van der Waals surface area contributed by atoms with E-state index in [0.29, 0.717) is 24.3 Å². The van der Waals surface area contributed by atoms with Gasteiger partial charge >= 0.3 is 6.03 Å². The molecule has 1 aromatic rings. The maximum Gasteiger partial charge on any atom is 0.325 e. The number of hydrogen-bond donors (Lipinski definition) is 2. The molecule has 0 unspecified atom stereocenters. The monoisotopic (exact) mass is 359 g/mol. The molecule has 3 rings (SSSR count). The van der Waals surface area contributed by atoms with E-state index in [0.717, 1.165) is 17.7 Å². The van der Waals surface area contributed by atoms with Gasteiger partial charge in [0, 0.05) is 5.69 Å². The molecule has 2 fully saturated rings. The highest BCUT2D eigenvalue weighted by Crippen LogP contribution is 2.35. The number of anilines is 1. The lowest BCUT2D eigenvalue weighted by atomic mass is 9.97. The summed E-state index contributed by atoms with van der Waals surface area (Å²) in [5.41, 5.74) is -0.220. The van der Waals surface area contributed by atoms with Gasteiger partial charge in [0.15, 0.2) is 0 Å². The van der Waals surface area contributed by atoms with Crippen molar-refractivity contribution in [2.75, 3.05) is 5.32 Å². The van der Waals surface area contributed by atoms with Gasteiger partial charge in [-0.05, 0) is 57.9 Å². The number of rotatable bonds is 5. The highest BCUT2D eigenvalue weighted by Gasteiger charge is 2.54. The van der Waals surface area contributed by atoms with Crippen LogP contribution in [-0.2, 0) is 9.59 Å². The number of imide groups is 1. The fourth-order valence-corrected chi connectivity index (χ4v) is 3.56. The van der Waals surface area contributed by atoms with Gasteiger partial charge in [0.25, 0.3) is 5.91 Å². The van der Waals surface area contributed by atoms with Crippen LogP contribution in [0.2, 0.25) is 0 Å². The van der Waals surface area contributed by atoms with E-state index >= 15 is 0 Å². The molecule has 2 aliphatic rings. The zero-order valence-corrected chi connectivity index (χ0v) is 15.4. The normalized spacial score (nSPS) is 19.8. The van der Waals surface area contributed by atoms with Crippen molar-refractivity contribution in [1.29, 1.82) is 0 Å². The summed E-state index contributed by atoms with van der Waals surface area (Å²) in [6.07, 6.45) is 3.16. The van der Waals surface area contributed by atoms with Crippen LogP contribution in [0.1, 0.15) is 46.5 Å². The van der Waals surface area contributed by atoms with Gasteiger partial charge in [-0.3, -0.25) is 9.59 Å². The number of nitrogens with one attached hydrogen (secondary N) is 2. The Morgan fingerprint density at radius 2 is 1.77 bits per heavy atom. The average molecular weight is 359 g/mol. The van der Waals surface area contributed by atoms with Crippen molar-refractivity contribution in [3.63, 3.8) is 0 Å². The number of urea groups is 1. The summed E-state index contributed by atoms with van der Waals surface area (Å²) in [5.74, 6) is 0.0210. The summed E-state index contributed by atoms with van der Waals surface area (Å²) in [5, 5.41) is 5.55. The Kier molecular flexibility index (Phi) is 4.89. The van der Waals surface area contributed by atoms with Gasteiger partial charge in [0.05, 0.1) is 6.10 Å². The van der Waals surface area contributed by atoms with Crippen molar-refractivity contribution in [3.05, 3.63) is 24.3 Å². The van der Waals surface area contributed by atoms with Crippen LogP contribution in [0.5, 0.6) is 5.75 Å². The zero-order valence-electron chi connectivity index (χ0n) is 15.4. The van der Waals surface area contributed by atoms with E-state index in [1.54, 1.807) is 31.2 Å². The molecule has 7 heteroatoms. The smallest absolute Gasteiger partial charge is 0.325 e. The summed E-state index contributed by atoms with van der Waals surface area (Å²) in [6.45, 7) is 5.44. The first-order valence-electron chi connectivity index (χ1n) is 9.06. The Balaban J connectivity index is 1.66. The van der Waals surface area contributed by atoms with E-state index in [9.17, 15) is 14.4 Å². The number of ether oxygens (including phenoxy) is 1. The highest BCUT2D eigenvalue weighted by molar-refractivity contribution is 6.11. The molecule has 1 saturated carbocycles. The Labute approximate surface area is 153 Å². The van der Waals surface area contributed by atoms with E-state index in [4.69, 9.17) is 4.74 Å². The van der Waals surface area contributed by atoms with Gasteiger partial charge in [-0.2, -0.15) is 0 Å². The number of amides is 4. The molecular weight excluding hydrogens is 334 g/mol. The van der Waals surface area contributed by atoms with Crippen LogP contribution >= 0.6 is 0 Å². The second-order valence-electron chi connectivity index (χ2n) is 7.25. The lowest BCUT2D eigenvalue weighted by Gasteiger charge is -2.23. The first kappa shape index (κ1) is 18.2. The fourth-order valence-electron chi connectivity index (χ4n) is 3.56. The van der Waals surface area contributed by atoms with Gasteiger partial charge in [0.2, 0.25) is 5.91 Å². The van der Waals surface area contributed by atoms with Gasteiger partial charge in [-0.25, -0.2) is 9.69 Å².